The second-order valence-corrected chi connectivity index (χ2v) is 4.94. The average molecular weight is 293 g/mol. The van der Waals surface area contributed by atoms with E-state index < -0.39 is 11.3 Å². The second-order valence-electron chi connectivity index (χ2n) is 4.10. The lowest BCUT2D eigenvalue weighted by Crippen LogP contribution is -2.11. The number of anilines is 1. The normalized spacial score (nSPS) is 11.7. The Hall–Kier alpha value is -2.21. The highest BCUT2D eigenvalue weighted by Crippen LogP contribution is 2.35. The number of rotatable bonds is 5. The van der Waals surface area contributed by atoms with E-state index in [-0.39, 0.29) is 11.4 Å². The first-order valence-electron chi connectivity index (χ1n) is 5.89. The van der Waals surface area contributed by atoms with Crippen molar-refractivity contribution < 1.29 is 18.2 Å². The molecule has 2 aromatic rings. The van der Waals surface area contributed by atoms with Gasteiger partial charge in [-0.15, -0.1) is 0 Å². The van der Waals surface area contributed by atoms with E-state index in [2.05, 4.69) is 4.72 Å². The van der Waals surface area contributed by atoms with Crippen molar-refractivity contribution in [3.8, 4) is 17.2 Å². The highest BCUT2D eigenvalue weighted by atomic mass is 32.2. The van der Waals surface area contributed by atoms with Crippen molar-refractivity contribution in [2.24, 2.45) is 0 Å². The van der Waals surface area contributed by atoms with E-state index in [4.69, 9.17) is 8.92 Å². The molecule has 0 amide bonds. The highest BCUT2D eigenvalue weighted by Gasteiger charge is 2.12. The van der Waals surface area contributed by atoms with Crippen molar-refractivity contribution in [3.63, 3.8) is 0 Å². The van der Waals surface area contributed by atoms with Gasteiger partial charge in [0.15, 0.2) is 11.5 Å². The zero-order valence-corrected chi connectivity index (χ0v) is 11.9. The molecule has 0 fully saturated rings. The first-order valence-corrected chi connectivity index (χ1v) is 6.97. The molecule has 2 N–H and O–H groups in total. The van der Waals surface area contributed by atoms with Gasteiger partial charge in [0.25, 0.3) is 0 Å². The van der Waals surface area contributed by atoms with E-state index in [0.717, 1.165) is 5.56 Å². The molecule has 2 aromatic carbocycles. The van der Waals surface area contributed by atoms with Gasteiger partial charge in [-0.05, 0) is 36.8 Å². The number of ether oxygens (including phenoxy) is 1. The summed E-state index contributed by atoms with van der Waals surface area (Å²) in [6, 6.07) is 12.1. The van der Waals surface area contributed by atoms with Gasteiger partial charge in [-0.2, -0.15) is 4.21 Å². The van der Waals surface area contributed by atoms with Crippen LogP contribution in [0.25, 0.3) is 0 Å². The summed E-state index contributed by atoms with van der Waals surface area (Å²) in [6.07, 6.45) is 0. The number of phenols is 1. The molecule has 1 unspecified atom stereocenters. The Kier molecular flexibility index (Phi) is 4.47. The molecule has 0 saturated heterocycles. The highest BCUT2D eigenvalue weighted by molar-refractivity contribution is 7.82. The molecule has 0 bridgehead atoms. The summed E-state index contributed by atoms with van der Waals surface area (Å²) in [5, 5.41) is 9.95. The molecule has 0 aliphatic carbocycles. The third-order valence-corrected chi connectivity index (χ3v) is 3.28. The Morgan fingerprint density at radius 3 is 2.55 bits per heavy atom. The largest absolute Gasteiger partial charge is 0.503 e. The lowest BCUT2D eigenvalue weighted by atomic mass is 10.2. The van der Waals surface area contributed by atoms with Gasteiger partial charge >= 0.3 is 11.3 Å². The van der Waals surface area contributed by atoms with Gasteiger partial charge in [-0.3, -0.25) is 4.72 Å². The molecular weight excluding hydrogens is 278 g/mol. The predicted molar refractivity (Wildman–Crippen MR) is 78.2 cm³/mol. The topological polar surface area (TPSA) is 67.8 Å². The minimum Gasteiger partial charge on any atom is -0.503 e. The fourth-order valence-corrected chi connectivity index (χ4v) is 2.32. The van der Waals surface area contributed by atoms with E-state index in [1.807, 2.05) is 13.0 Å². The quantitative estimate of drug-likeness (QED) is 0.832. The summed E-state index contributed by atoms with van der Waals surface area (Å²) in [5.41, 5.74) is 1.15. The number of aryl methyl sites for hydroxylation is 1. The van der Waals surface area contributed by atoms with E-state index in [9.17, 15) is 9.32 Å². The molecule has 106 valence electrons. The number of para-hydroxylation sites is 1. The zero-order chi connectivity index (χ0) is 14.5. The molecule has 0 saturated carbocycles. The van der Waals surface area contributed by atoms with Crippen LogP contribution in [0.5, 0.6) is 17.2 Å². The van der Waals surface area contributed by atoms with Crippen LogP contribution in [0.15, 0.2) is 42.5 Å². The number of hydrogen-bond donors (Lipinski definition) is 2. The summed E-state index contributed by atoms with van der Waals surface area (Å²) in [7, 11) is 1.45. The van der Waals surface area contributed by atoms with Crippen LogP contribution in [0.2, 0.25) is 0 Å². The SMILES string of the molecule is COc1cc(C)cc(NS(=O)Oc2ccccc2)c1O. The summed E-state index contributed by atoms with van der Waals surface area (Å²) in [4.78, 5) is 0. The van der Waals surface area contributed by atoms with Crippen LogP contribution in [-0.2, 0) is 11.3 Å². The van der Waals surface area contributed by atoms with Crippen LogP contribution in [0, 0.1) is 6.92 Å². The van der Waals surface area contributed by atoms with Crippen LogP contribution < -0.4 is 13.6 Å². The fourth-order valence-electron chi connectivity index (χ4n) is 1.65. The molecule has 0 heterocycles. The lowest BCUT2D eigenvalue weighted by molar-refractivity contribution is 0.374. The maximum atomic E-state index is 11.9. The number of phenolic OH excluding ortho intramolecular Hbond substituents is 1. The van der Waals surface area contributed by atoms with Crippen LogP contribution >= 0.6 is 0 Å². The molecule has 0 aromatic heterocycles. The average Bonchev–Trinajstić information content (AvgIpc) is 2.43. The molecule has 2 rings (SSSR count). The van der Waals surface area contributed by atoms with Gasteiger partial charge in [0.05, 0.1) is 12.8 Å². The molecular formula is C14H15NO4S. The molecule has 1 atom stereocenters. The monoisotopic (exact) mass is 293 g/mol. The number of aromatic hydroxyl groups is 1. The van der Waals surface area contributed by atoms with Gasteiger partial charge in [0.1, 0.15) is 5.75 Å². The summed E-state index contributed by atoms with van der Waals surface area (Å²) in [5.74, 6) is 0.671. The molecule has 6 heteroatoms. The fraction of sp³-hybridized carbons (Fsp3) is 0.143. The third kappa shape index (κ3) is 3.42. The maximum absolute atomic E-state index is 11.9. The number of benzene rings is 2. The van der Waals surface area contributed by atoms with E-state index in [1.54, 1.807) is 36.4 Å². The minimum absolute atomic E-state index is 0.108. The van der Waals surface area contributed by atoms with Crippen molar-refractivity contribution in [3.05, 3.63) is 48.0 Å². The standard InChI is InChI=1S/C14H15NO4S/c1-10-8-12(14(16)13(9-10)18-2)15-20(17)19-11-6-4-3-5-7-11/h3-9,15-16H,1-2H3. The zero-order valence-electron chi connectivity index (χ0n) is 11.1. The summed E-state index contributed by atoms with van der Waals surface area (Å²) >= 11 is -1.82. The smallest absolute Gasteiger partial charge is 0.316 e. The third-order valence-electron chi connectivity index (χ3n) is 2.55. The number of hydrogen-bond acceptors (Lipinski definition) is 4. The maximum Gasteiger partial charge on any atom is 0.316 e. The molecule has 0 spiro atoms. The van der Waals surface area contributed by atoms with Crippen LogP contribution in [0.3, 0.4) is 0 Å². The van der Waals surface area contributed by atoms with Crippen LogP contribution in [-0.4, -0.2) is 16.4 Å². The first kappa shape index (κ1) is 14.2. The Morgan fingerprint density at radius 2 is 1.90 bits per heavy atom. The summed E-state index contributed by atoms with van der Waals surface area (Å²) in [6.45, 7) is 1.84. The van der Waals surface area contributed by atoms with Crippen molar-refractivity contribution in [2.45, 2.75) is 6.92 Å². The lowest BCUT2D eigenvalue weighted by Gasteiger charge is -2.12. The van der Waals surface area contributed by atoms with E-state index >= 15 is 0 Å². The number of nitrogens with one attached hydrogen (secondary N) is 1. The van der Waals surface area contributed by atoms with Crippen molar-refractivity contribution in [2.75, 3.05) is 11.8 Å². The molecule has 20 heavy (non-hydrogen) atoms. The Bertz CT molecular complexity index is 616. The van der Waals surface area contributed by atoms with E-state index in [0.29, 0.717) is 11.5 Å². The van der Waals surface area contributed by atoms with E-state index in [1.165, 1.54) is 7.11 Å². The Balaban J connectivity index is 2.14. The van der Waals surface area contributed by atoms with Crippen molar-refractivity contribution in [1.29, 1.82) is 0 Å². The van der Waals surface area contributed by atoms with Gasteiger partial charge in [0.2, 0.25) is 0 Å². The molecule has 5 nitrogen and oxygen atoms in total. The minimum atomic E-state index is -1.82. The Morgan fingerprint density at radius 1 is 1.20 bits per heavy atom. The Labute approximate surface area is 120 Å². The van der Waals surface area contributed by atoms with Gasteiger partial charge in [-0.25, -0.2) is 0 Å². The van der Waals surface area contributed by atoms with Crippen molar-refractivity contribution >= 4 is 17.0 Å². The first-order chi connectivity index (χ1) is 9.60. The number of methoxy groups -OCH3 is 1. The molecule has 0 aliphatic heterocycles. The molecule has 0 aliphatic rings. The summed E-state index contributed by atoms with van der Waals surface area (Å²) < 4.78 is 24.7. The van der Waals surface area contributed by atoms with Gasteiger partial charge in [0, 0.05) is 0 Å². The van der Waals surface area contributed by atoms with Crippen molar-refractivity contribution in [1.82, 2.24) is 0 Å². The van der Waals surface area contributed by atoms with Crippen LogP contribution in [0.1, 0.15) is 5.56 Å². The molecule has 0 radical (unpaired) electrons. The van der Waals surface area contributed by atoms with Gasteiger partial charge < -0.3 is 14.0 Å². The van der Waals surface area contributed by atoms with Crippen LogP contribution in [0.4, 0.5) is 5.69 Å². The second kappa shape index (κ2) is 6.29. The predicted octanol–water partition coefficient (Wildman–Crippen LogP) is 2.78. The van der Waals surface area contributed by atoms with Gasteiger partial charge in [-0.1, -0.05) is 18.2 Å².